The number of nitrogens with zero attached hydrogens (tertiary/aromatic N) is 1. The van der Waals surface area contributed by atoms with Crippen LogP contribution in [0.1, 0.15) is 19.3 Å². The zero-order valence-electron chi connectivity index (χ0n) is 8.82. The van der Waals surface area contributed by atoms with E-state index in [0.717, 1.165) is 31.6 Å². The average molecular weight is 205 g/mol. The van der Waals surface area contributed by atoms with Crippen LogP contribution >= 0.6 is 0 Å². The molecule has 0 aliphatic carbocycles. The average Bonchev–Trinajstić information content (AvgIpc) is 2.19. The Bertz CT molecular complexity index is 329. The maximum atomic E-state index is 12.8. The fourth-order valence-electron chi connectivity index (χ4n) is 1.89. The Hall–Kier alpha value is -1.31. The third-order valence-electron chi connectivity index (χ3n) is 2.72. The van der Waals surface area contributed by atoms with E-state index in [0.29, 0.717) is 0 Å². The molecule has 0 saturated heterocycles. The summed E-state index contributed by atoms with van der Waals surface area (Å²) in [7, 11) is 0. The molecule has 1 heterocycles. The van der Waals surface area contributed by atoms with Crippen molar-refractivity contribution in [3.63, 3.8) is 0 Å². The highest BCUT2D eigenvalue weighted by Gasteiger charge is 2.06. The van der Waals surface area contributed by atoms with Crippen molar-refractivity contribution in [2.75, 3.05) is 18.0 Å². The maximum absolute atomic E-state index is 12.8. The van der Waals surface area contributed by atoms with Gasteiger partial charge in [-0.15, -0.1) is 0 Å². The summed E-state index contributed by atoms with van der Waals surface area (Å²) < 4.78 is 12.8. The Labute approximate surface area is 90.2 Å². The van der Waals surface area contributed by atoms with Gasteiger partial charge >= 0.3 is 0 Å². The minimum absolute atomic E-state index is 0.161. The van der Waals surface area contributed by atoms with Gasteiger partial charge in [0.2, 0.25) is 0 Å². The fraction of sp³-hybridized carbons (Fsp3) is 0.385. The van der Waals surface area contributed by atoms with E-state index in [1.807, 2.05) is 12.1 Å². The Morgan fingerprint density at radius 1 is 0.933 bits per heavy atom. The summed E-state index contributed by atoms with van der Waals surface area (Å²) in [5, 5.41) is 0. The van der Waals surface area contributed by atoms with E-state index in [4.69, 9.17) is 0 Å². The van der Waals surface area contributed by atoms with Gasteiger partial charge in [0, 0.05) is 18.8 Å². The molecule has 0 bridgehead atoms. The van der Waals surface area contributed by atoms with E-state index in [2.05, 4.69) is 17.1 Å². The first-order valence-electron chi connectivity index (χ1n) is 5.52. The van der Waals surface area contributed by atoms with Crippen molar-refractivity contribution >= 4 is 5.69 Å². The number of hydrogen-bond donors (Lipinski definition) is 0. The Morgan fingerprint density at radius 3 is 2.47 bits per heavy atom. The van der Waals surface area contributed by atoms with Crippen molar-refractivity contribution in [3.05, 3.63) is 42.2 Å². The van der Waals surface area contributed by atoms with Crippen molar-refractivity contribution in [1.29, 1.82) is 0 Å². The molecule has 0 amide bonds. The van der Waals surface area contributed by atoms with E-state index >= 15 is 0 Å². The topological polar surface area (TPSA) is 3.24 Å². The van der Waals surface area contributed by atoms with Gasteiger partial charge in [0.05, 0.1) is 0 Å². The molecular weight excluding hydrogens is 189 g/mol. The summed E-state index contributed by atoms with van der Waals surface area (Å²) in [6.45, 7) is 2.10. The normalized spacial score (nSPS) is 19.4. The van der Waals surface area contributed by atoms with Crippen LogP contribution in [0.25, 0.3) is 0 Å². The molecule has 0 saturated carbocycles. The molecule has 0 fully saturated rings. The minimum atomic E-state index is -0.161. The largest absolute Gasteiger partial charge is 0.371 e. The lowest BCUT2D eigenvalue weighted by Gasteiger charge is -2.25. The first-order valence-corrected chi connectivity index (χ1v) is 5.52. The smallest absolute Gasteiger partial charge is 0.123 e. The van der Waals surface area contributed by atoms with Crippen molar-refractivity contribution in [2.24, 2.45) is 0 Å². The first kappa shape index (κ1) is 10.2. The minimum Gasteiger partial charge on any atom is -0.371 e. The van der Waals surface area contributed by atoms with Crippen LogP contribution < -0.4 is 4.90 Å². The van der Waals surface area contributed by atoms with Crippen LogP contribution in [-0.2, 0) is 0 Å². The highest BCUT2D eigenvalue weighted by atomic mass is 19.1. The third-order valence-corrected chi connectivity index (χ3v) is 2.72. The van der Waals surface area contributed by atoms with E-state index in [9.17, 15) is 4.39 Å². The predicted octanol–water partition coefficient (Wildman–Crippen LogP) is 3.37. The summed E-state index contributed by atoms with van der Waals surface area (Å²) in [6, 6.07) is 6.79. The van der Waals surface area contributed by atoms with Crippen LogP contribution in [0.2, 0.25) is 0 Å². The number of halogens is 1. The molecule has 1 aromatic carbocycles. The summed E-state index contributed by atoms with van der Waals surface area (Å²) in [6.07, 6.45) is 7.89. The standard InChI is InChI=1S/C13H16FN/c14-12-6-8-13(9-7-12)15-10-4-2-1-3-5-11-15/h1-2,6-9H,3-5,10-11H2/b2-1-. The molecule has 80 valence electrons. The van der Waals surface area contributed by atoms with Crippen molar-refractivity contribution in [2.45, 2.75) is 19.3 Å². The molecule has 0 atom stereocenters. The molecule has 2 heteroatoms. The van der Waals surface area contributed by atoms with Crippen molar-refractivity contribution < 1.29 is 4.39 Å². The highest BCUT2D eigenvalue weighted by molar-refractivity contribution is 5.46. The third kappa shape index (κ3) is 2.82. The van der Waals surface area contributed by atoms with Crippen LogP contribution in [-0.4, -0.2) is 13.1 Å². The molecule has 1 aliphatic rings. The molecule has 1 aromatic rings. The Morgan fingerprint density at radius 2 is 1.67 bits per heavy atom. The zero-order valence-corrected chi connectivity index (χ0v) is 8.82. The Kier molecular flexibility index (Phi) is 3.38. The second-order valence-electron chi connectivity index (χ2n) is 3.87. The van der Waals surface area contributed by atoms with E-state index in [1.54, 1.807) is 0 Å². The predicted molar refractivity (Wildman–Crippen MR) is 61.6 cm³/mol. The van der Waals surface area contributed by atoms with Crippen LogP contribution in [0.5, 0.6) is 0 Å². The highest BCUT2D eigenvalue weighted by Crippen LogP contribution is 2.17. The number of anilines is 1. The van der Waals surface area contributed by atoms with Gasteiger partial charge in [0.1, 0.15) is 5.82 Å². The summed E-state index contributed by atoms with van der Waals surface area (Å²) in [5.41, 5.74) is 1.13. The van der Waals surface area contributed by atoms with Gasteiger partial charge in [0.25, 0.3) is 0 Å². The van der Waals surface area contributed by atoms with Crippen LogP contribution in [0, 0.1) is 5.82 Å². The maximum Gasteiger partial charge on any atom is 0.123 e. The molecule has 1 aliphatic heterocycles. The van der Waals surface area contributed by atoms with Gasteiger partial charge in [-0.2, -0.15) is 0 Å². The molecule has 0 N–H and O–H groups in total. The van der Waals surface area contributed by atoms with E-state index < -0.39 is 0 Å². The molecular formula is C13H16FN. The number of rotatable bonds is 1. The number of hydrogen-bond acceptors (Lipinski definition) is 1. The number of allylic oxidation sites excluding steroid dienone is 1. The van der Waals surface area contributed by atoms with E-state index in [1.165, 1.54) is 18.6 Å². The zero-order chi connectivity index (χ0) is 10.5. The van der Waals surface area contributed by atoms with Crippen molar-refractivity contribution in [1.82, 2.24) is 0 Å². The van der Waals surface area contributed by atoms with Gasteiger partial charge in [-0.3, -0.25) is 0 Å². The lowest BCUT2D eigenvalue weighted by molar-refractivity contribution is 0.627. The second-order valence-corrected chi connectivity index (χ2v) is 3.87. The molecule has 0 unspecified atom stereocenters. The van der Waals surface area contributed by atoms with Crippen molar-refractivity contribution in [3.8, 4) is 0 Å². The van der Waals surface area contributed by atoms with Crippen LogP contribution in [0.15, 0.2) is 36.4 Å². The lowest BCUT2D eigenvalue weighted by Crippen LogP contribution is -2.25. The molecule has 0 spiro atoms. The summed E-state index contributed by atoms with van der Waals surface area (Å²) >= 11 is 0. The molecule has 1 nitrogen and oxygen atoms in total. The van der Waals surface area contributed by atoms with E-state index in [-0.39, 0.29) is 5.82 Å². The quantitative estimate of drug-likeness (QED) is 0.635. The van der Waals surface area contributed by atoms with Gasteiger partial charge in [-0.25, -0.2) is 4.39 Å². The Balaban J connectivity index is 2.08. The van der Waals surface area contributed by atoms with Gasteiger partial charge < -0.3 is 4.90 Å². The monoisotopic (exact) mass is 205 g/mol. The SMILES string of the molecule is Fc1ccc(N2CC/C=C\CCC2)cc1. The number of benzene rings is 1. The first-order chi connectivity index (χ1) is 7.36. The second kappa shape index (κ2) is 4.96. The van der Waals surface area contributed by atoms with Crippen LogP contribution in [0.4, 0.5) is 10.1 Å². The van der Waals surface area contributed by atoms with Gasteiger partial charge in [0.15, 0.2) is 0 Å². The lowest BCUT2D eigenvalue weighted by atomic mass is 10.2. The van der Waals surface area contributed by atoms with Crippen LogP contribution in [0.3, 0.4) is 0 Å². The molecule has 2 rings (SSSR count). The summed E-state index contributed by atoms with van der Waals surface area (Å²) in [5.74, 6) is -0.161. The van der Waals surface area contributed by atoms with Gasteiger partial charge in [-0.1, -0.05) is 12.2 Å². The molecule has 0 aromatic heterocycles. The summed E-state index contributed by atoms with van der Waals surface area (Å²) in [4.78, 5) is 2.32. The van der Waals surface area contributed by atoms with Gasteiger partial charge in [-0.05, 0) is 43.5 Å². The fourth-order valence-corrected chi connectivity index (χ4v) is 1.89. The molecule has 15 heavy (non-hydrogen) atoms. The molecule has 0 radical (unpaired) electrons.